The molecule has 0 aliphatic heterocycles. The van der Waals surface area contributed by atoms with Crippen LogP contribution in [0.3, 0.4) is 0 Å². The van der Waals surface area contributed by atoms with Crippen molar-refractivity contribution in [2.75, 3.05) is 5.88 Å². The molecule has 0 saturated heterocycles. The fourth-order valence-corrected chi connectivity index (χ4v) is 7.30. The number of aryl methyl sites for hydroxylation is 1. The maximum absolute atomic E-state index is 13.6. The van der Waals surface area contributed by atoms with E-state index in [0.717, 1.165) is 55.9 Å². The first-order chi connectivity index (χ1) is 20.4. The van der Waals surface area contributed by atoms with Crippen LogP contribution in [0.4, 0.5) is 13.2 Å². The highest BCUT2D eigenvalue weighted by Crippen LogP contribution is 2.34. The number of alkyl halides is 3. The monoisotopic (exact) mass is 644 g/mol. The second-order valence-corrected chi connectivity index (χ2v) is 13.1. The smallest absolute Gasteiger partial charge is 0.387 e. The first kappa shape index (κ1) is 35.2. The molecule has 234 valence electrons. The molecular formula is C35H46Cl3F3O. The normalized spacial score (nSPS) is 28.3. The van der Waals surface area contributed by atoms with E-state index in [2.05, 4.69) is 28.7 Å². The van der Waals surface area contributed by atoms with Crippen molar-refractivity contribution in [2.45, 2.75) is 103 Å². The van der Waals surface area contributed by atoms with E-state index in [1.165, 1.54) is 69.9 Å². The van der Waals surface area contributed by atoms with Gasteiger partial charge in [0.2, 0.25) is 0 Å². The third kappa shape index (κ3) is 13.2. The van der Waals surface area contributed by atoms with Gasteiger partial charge in [0.15, 0.2) is 11.6 Å². The molecule has 0 radical (unpaired) electrons. The Balaban J connectivity index is 0.000000231. The third-order valence-electron chi connectivity index (χ3n) is 9.26. The van der Waals surface area contributed by atoms with Crippen LogP contribution in [0, 0.1) is 53.2 Å². The van der Waals surface area contributed by atoms with Crippen molar-refractivity contribution in [3.63, 3.8) is 0 Å². The van der Waals surface area contributed by atoms with Crippen molar-refractivity contribution in [3.8, 4) is 17.6 Å². The zero-order valence-corrected chi connectivity index (χ0v) is 26.8. The van der Waals surface area contributed by atoms with Gasteiger partial charge in [0.25, 0.3) is 0 Å². The number of hydrogen-bond donors (Lipinski definition) is 0. The molecule has 3 aliphatic rings. The lowest BCUT2D eigenvalue weighted by Crippen LogP contribution is -2.15. The molecule has 4 rings (SSSR count). The predicted molar refractivity (Wildman–Crippen MR) is 171 cm³/mol. The summed E-state index contributed by atoms with van der Waals surface area (Å²) >= 11 is 17.1. The van der Waals surface area contributed by atoms with Gasteiger partial charge in [-0.2, -0.15) is 8.78 Å². The van der Waals surface area contributed by atoms with Crippen LogP contribution in [0.1, 0.15) is 95.5 Å². The molecule has 0 atom stereocenters. The summed E-state index contributed by atoms with van der Waals surface area (Å²) in [7, 11) is 0. The Bertz CT molecular complexity index is 1010. The molecule has 0 bridgehead atoms. The second-order valence-electron chi connectivity index (χ2n) is 12.2. The molecule has 0 amide bonds. The van der Waals surface area contributed by atoms with E-state index in [1.807, 2.05) is 0 Å². The molecule has 0 spiro atoms. The molecule has 3 aliphatic carbocycles. The van der Waals surface area contributed by atoms with Crippen molar-refractivity contribution in [1.82, 2.24) is 0 Å². The molecule has 0 aromatic heterocycles. The van der Waals surface area contributed by atoms with Gasteiger partial charge in [-0.25, -0.2) is 4.39 Å². The molecule has 0 N–H and O–H groups in total. The maximum Gasteiger partial charge on any atom is 0.387 e. The van der Waals surface area contributed by atoms with Crippen molar-refractivity contribution in [2.24, 2.45) is 35.5 Å². The van der Waals surface area contributed by atoms with Crippen molar-refractivity contribution >= 4 is 34.8 Å². The molecule has 0 heterocycles. The van der Waals surface area contributed by atoms with Crippen LogP contribution >= 0.6 is 34.8 Å². The molecule has 42 heavy (non-hydrogen) atoms. The van der Waals surface area contributed by atoms with Gasteiger partial charge in [0.05, 0.1) is 0 Å². The fourth-order valence-electron chi connectivity index (χ4n) is 6.58. The Labute approximate surface area is 266 Å². The van der Waals surface area contributed by atoms with E-state index in [9.17, 15) is 13.2 Å². The molecule has 1 nitrogen and oxygen atoms in total. The van der Waals surface area contributed by atoms with Crippen LogP contribution in [-0.4, -0.2) is 12.5 Å². The molecular weight excluding hydrogens is 600 g/mol. The Morgan fingerprint density at radius 3 is 1.76 bits per heavy atom. The summed E-state index contributed by atoms with van der Waals surface area (Å²) in [6.45, 7) is -3.00. The van der Waals surface area contributed by atoms with Crippen LogP contribution in [0.25, 0.3) is 0 Å². The van der Waals surface area contributed by atoms with Crippen LogP contribution in [0.2, 0.25) is 0 Å². The first-order valence-corrected chi connectivity index (χ1v) is 17.1. The quantitative estimate of drug-likeness (QED) is 0.192. The Morgan fingerprint density at radius 2 is 1.26 bits per heavy atom. The maximum atomic E-state index is 13.6. The highest BCUT2D eigenvalue weighted by molar-refractivity contribution is 6.25. The van der Waals surface area contributed by atoms with Gasteiger partial charge < -0.3 is 4.74 Å². The van der Waals surface area contributed by atoms with Crippen molar-refractivity contribution in [3.05, 3.63) is 52.8 Å². The van der Waals surface area contributed by atoms with E-state index in [-0.39, 0.29) is 0 Å². The summed E-state index contributed by atoms with van der Waals surface area (Å²) in [5.74, 6) is 10.9. The van der Waals surface area contributed by atoms with Crippen molar-refractivity contribution in [1.29, 1.82) is 0 Å². The molecule has 0 unspecified atom stereocenters. The van der Waals surface area contributed by atoms with Crippen LogP contribution in [-0.2, 0) is 6.42 Å². The SMILES string of the molecule is Cl/C=C/C1CCC(C#CC2CCC(CCCl)CC2)CC1.Fc1cc(CC[C@H]2CC[C@H](/C=C/Cl)CC2)ccc1OC(F)F. The standard InChI is InChI=1S/C18H26Cl2.C17H20ClF3O/c19-13-11-17-7-3-15(4-8-17)1-2-16-5-9-18(10-6-16)12-14-20;18-10-9-13-3-1-12(2-4-13)5-6-14-7-8-16(15(19)11-14)22-17(20)21/h11,13,15-18H,3-10,12,14H2;7-13,17H,1-6H2/b13-11+;10-9+/t;12-,13-. The molecule has 1 aromatic carbocycles. The van der Waals surface area contributed by atoms with Gasteiger partial charge in [0.1, 0.15) is 0 Å². The second kappa shape index (κ2) is 19.9. The van der Waals surface area contributed by atoms with Crippen LogP contribution in [0.5, 0.6) is 5.75 Å². The van der Waals surface area contributed by atoms with Gasteiger partial charge in [0, 0.05) is 28.8 Å². The van der Waals surface area contributed by atoms with E-state index >= 15 is 0 Å². The number of halogens is 6. The van der Waals surface area contributed by atoms with E-state index in [4.69, 9.17) is 34.8 Å². The van der Waals surface area contributed by atoms with Gasteiger partial charge in [-0.15, -0.1) is 11.6 Å². The van der Waals surface area contributed by atoms with E-state index < -0.39 is 18.2 Å². The summed E-state index contributed by atoms with van der Waals surface area (Å²) in [6, 6.07) is 4.22. The minimum Gasteiger partial charge on any atom is -0.432 e. The van der Waals surface area contributed by atoms with Gasteiger partial charge in [-0.05, 0) is 138 Å². The molecule has 1 aromatic rings. The Kier molecular flexibility index (Phi) is 16.7. The lowest BCUT2D eigenvalue weighted by molar-refractivity contribution is -0.0522. The lowest BCUT2D eigenvalue weighted by Gasteiger charge is -2.26. The first-order valence-electron chi connectivity index (χ1n) is 15.7. The summed E-state index contributed by atoms with van der Waals surface area (Å²) in [5, 5.41) is 0. The molecule has 3 fully saturated rings. The predicted octanol–water partition coefficient (Wildman–Crippen LogP) is 11.9. The Hall–Kier alpha value is -1.28. The number of ether oxygens (including phenoxy) is 1. The molecule has 3 saturated carbocycles. The Morgan fingerprint density at radius 1 is 0.762 bits per heavy atom. The highest BCUT2D eigenvalue weighted by Gasteiger charge is 2.22. The average Bonchev–Trinajstić information content (AvgIpc) is 2.99. The third-order valence-corrected chi connectivity index (χ3v) is 9.77. The zero-order chi connectivity index (χ0) is 30.2. The number of rotatable bonds is 9. The minimum absolute atomic E-state index is 0.396. The highest BCUT2D eigenvalue weighted by atomic mass is 35.5. The number of hydrogen-bond acceptors (Lipinski definition) is 1. The number of allylic oxidation sites excluding steroid dienone is 2. The van der Waals surface area contributed by atoms with Crippen LogP contribution in [0.15, 0.2) is 41.4 Å². The molecule has 7 heteroatoms. The summed E-state index contributed by atoms with van der Waals surface area (Å²) in [5.41, 5.74) is 4.09. The largest absolute Gasteiger partial charge is 0.432 e. The minimum atomic E-state index is -3.00. The lowest BCUT2D eigenvalue weighted by atomic mass is 9.79. The summed E-state index contributed by atoms with van der Waals surface area (Å²) in [6.07, 6.45) is 22.0. The zero-order valence-electron chi connectivity index (χ0n) is 24.6. The van der Waals surface area contributed by atoms with Gasteiger partial charge in [-0.1, -0.05) is 53.3 Å². The van der Waals surface area contributed by atoms with Crippen molar-refractivity contribution < 1.29 is 17.9 Å². The fraction of sp³-hybridized carbons (Fsp3) is 0.657. The van der Waals surface area contributed by atoms with E-state index in [1.54, 1.807) is 17.1 Å². The van der Waals surface area contributed by atoms with Crippen LogP contribution < -0.4 is 4.74 Å². The number of benzene rings is 1. The average molecular weight is 646 g/mol. The summed E-state index contributed by atoms with van der Waals surface area (Å²) in [4.78, 5) is 0. The van der Waals surface area contributed by atoms with Gasteiger partial charge in [-0.3, -0.25) is 0 Å². The topological polar surface area (TPSA) is 9.23 Å². The summed E-state index contributed by atoms with van der Waals surface area (Å²) < 4.78 is 41.9. The van der Waals surface area contributed by atoms with E-state index in [0.29, 0.717) is 29.6 Å². The van der Waals surface area contributed by atoms with Gasteiger partial charge >= 0.3 is 6.61 Å².